The molecule has 2 atom stereocenters. The fourth-order valence-corrected chi connectivity index (χ4v) is 3.24. The van der Waals surface area contributed by atoms with Crippen LogP contribution in [-0.4, -0.2) is 46.3 Å². The zero-order valence-corrected chi connectivity index (χ0v) is 12.3. The molecule has 1 aromatic carbocycles. The van der Waals surface area contributed by atoms with Gasteiger partial charge in [-0.3, -0.25) is 4.90 Å². The van der Waals surface area contributed by atoms with Crippen molar-refractivity contribution in [1.29, 1.82) is 0 Å². The number of hydrogen-bond donors (Lipinski definition) is 2. The lowest BCUT2D eigenvalue weighted by molar-refractivity contribution is -0.141. The lowest BCUT2D eigenvalue weighted by atomic mass is 10.2. The van der Waals surface area contributed by atoms with Crippen LogP contribution in [0, 0.1) is 5.82 Å². The van der Waals surface area contributed by atoms with Crippen molar-refractivity contribution >= 4 is 29.4 Å². The monoisotopic (exact) mass is 314 g/mol. The maximum Gasteiger partial charge on any atom is 0.327 e. The lowest BCUT2D eigenvalue weighted by Gasteiger charge is -2.25. The number of thioether (sulfide) groups is 1. The first-order valence-corrected chi connectivity index (χ1v) is 7.26. The Balaban J connectivity index is 2.13. The van der Waals surface area contributed by atoms with E-state index >= 15 is 0 Å². The van der Waals surface area contributed by atoms with E-state index in [0.717, 1.165) is 6.07 Å². The number of aliphatic carboxylic acids is 1. The number of methoxy groups -OCH3 is 1. The van der Waals surface area contributed by atoms with Crippen molar-refractivity contribution in [3.63, 3.8) is 0 Å². The minimum absolute atomic E-state index is 0.0708. The summed E-state index contributed by atoms with van der Waals surface area (Å²) in [6.07, 6.45) is 0. The second kappa shape index (κ2) is 6.21. The van der Waals surface area contributed by atoms with Crippen LogP contribution in [0.1, 0.15) is 6.92 Å². The molecular weight excluding hydrogens is 299 g/mol. The summed E-state index contributed by atoms with van der Waals surface area (Å²) < 4.78 is 18.4. The molecule has 0 saturated carbocycles. The Hall–Kier alpha value is -1.96. The predicted octanol–water partition coefficient (Wildman–Crippen LogP) is 2.21. The Kier molecular flexibility index (Phi) is 4.56. The number of carbonyl (C=O) groups excluding carboxylic acids is 1. The van der Waals surface area contributed by atoms with E-state index < -0.39 is 23.9 Å². The van der Waals surface area contributed by atoms with Crippen LogP contribution in [0.4, 0.5) is 14.9 Å². The van der Waals surface area contributed by atoms with Gasteiger partial charge in [0.15, 0.2) is 11.6 Å². The lowest BCUT2D eigenvalue weighted by Crippen LogP contribution is -2.46. The van der Waals surface area contributed by atoms with Gasteiger partial charge in [-0.25, -0.2) is 14.0 Å². The predicted molar refractivity (Wildman–Crippen MR) is 77.2 cm³/mol. The van der Waals surface area contributed by atoms with Gasteiger partial charge in [0.25, 0.3) is 0 Å². The summed E-state index contributed by atoms with van der Waals surface area (Å²) in [6, 6.07) is 2.56. The second-order valence-corrected chi connectivity index (χ2v) is 5.82. The number of ether oxygens (including phenoxy) is 1. The number of anilines is 1. The zero-order chi connectivity index (χ0) is 15.6. The number of hydrogen-bond acceptors (Lipinski definition) is 4. The number of nitrogens with zero attached hydrogens (tertiary/aromatic N) is 1. The number of amides is 2. The molecule has 1 fully saturated rings. The van der Waals surface area contributed by atoms with Crippen molar-refractivity contribution in [2.75, 3.05) is 18.2 Å². The van der Waals surface area contributed by atoms with Crippen LogP contribution in [0.5, 0.6) is 5.75 Å². The fourth-order valence-electron chi connectivity index (χ4n) is 2.07. The summed E-state index contributed by atoms with van der Waals surface area (Å²) in [6.45, 7) is 1.75. The van der Waals surface area contributed by atoms with Gasteiger partial charge in [0.2, 0.25) is 0 Å². The molecule has 2 N–H and O–H groups in total. The summed E-state index contributed by atoms with van der Waals surface area (Å²) in [7, 11) is 1.34. The second-order valence-electron chi connectivity index (χ2n) is 4.47. The Morgan fingerprint density at radius 2 is 2.24 bits per heavy atom. The molecule has 2 amide bonds. The molecule has 0 aliphatic carbocycles. The third-order valence-corrected chi connectivity index (χ3v) is 4.36. The highest BCUT2D eigenvalue weighted by molar-refractivity contribution is 8.00. The van der Waals surface area contributed by atoms with Crippen LogP contribution in [0.3, 0.4) is 0 Å². The van der Waals surface area contributed by atoms with Crippen LogP contribution >= 0.6 is 11.8 Å². The van der Waals surface area contributed by atoms with E-state index in [2.05, 4.69) is 5.32 Å². The van der Waals surface area contributed by atoms with Gasteiger partial charge in [-0.2, -0.15) is 0 Å². The molecule has 21 heavy (non-hydrogen) atoms. The minimum Gasteiger partial charge on any atom is -0.494 e. The molecule has 114 valence electrons. The van der Waals surface area contributed by atoms with Gasteiger partial charge in [0, 0.05) is 17.5 Å². The molecule has 2 rings (SSSR count). The van der Waals surface area contributed by atoms with Gasteiger partial charge < -0.3 is 15.2 Å². The summed E-state index contributed by atoms with van der Waals surface area (Å²) in [4.78, 5) is 24.6. The maximum atomic E-state index is 13.6. The van der Waals surface area contributed by atoms with Crippen molar-refractivity contribution in [2.45, 2.75) is 18.3 Å². The van der Waals surface area contributed by atoms with Gasteiger partial charge in [-0.15, -0.1) is 11.8 Å². The number of rotatable bonds is 3. The molecule has 0 aromatic heterocycles. The number of halogens is 1. The number of carboxylic acids is 1. The standard InChI is InChI=1S/C13H15FN2O4S/c1-7-16(10(6-21-7)12(17)18)13(19)15-8-3-4-11(20-2)9(14)5-8/h3-5,7,10H,6H2,1-2H3,(H,15,19)(H,17,18). The van der Waals surface area contributed by atoms with E-state index in [4.69, 9.17) is 9.84 Å². The molecule has 0 bridgehead atoms. The van der Waals surface area contributed by atoms with Crippen molar-refractivity contribution in [3.8, 4) is 5.75 Å². The summed E-state index contributed by atoms with van der Waals surface area (Å²) in [5.41, 5.74) is 0.242. The molecule has 1 aliphatic rings. The average Bonchev–Trinajstić information content (AvgIpc) is 2.81. The number of carbonyl (C=O) groups is 2. The first kappa shape index (κ1) is 15.4. The Labute approximate surface area is 125 Å². The van der Waals surface area contributed by atoms with E-state index in [0.29, 0.717) is 5.75 Å². The Bertz CT molecular complexity index is 569. The van der Waals surface area contributed by atoms with Gasteiger partial charge >= 0.3 is 12.0 Å². The van der Waals surface area contributed by atoms with Gasteiger partial charge in [0.05, 0.1) is 12.5 Å². The molecule has 0 radical (unpaired) electrons. The highest BCUT2D eigenvalue weighted by Gasteiger charge is 2.39. The molecule has 0 spiro atoms. The average molecular weight is 314 g/mol. The summed E-state index contributed by atoms with van der Waals surface area (Å²) >= 11 is 1.38. The maximum absolute atomic E-state index is 13.6. The molecule has 1 saturated heterocycles. The largest absolute Gasteiger partial charge is 0.494 e. The number of carboxylic acid groups (broad SMARTS) is 1. The van der Waals surface area contributed by atoms with Crippen LogP contribution in [-0.2, 0) is 4.79 Å². The van der Waals surface area contributed by atoms with Crippen LogP contribution < -0.4 is 10.1 Å². The third kappa shape index (κ3) is 3.21. The molecule has 2 unspecified atom stereocenters. The molecule has 8 heteroatoms. The van der Waals surface area contributed by atoms with Gasteiger partial charge in [-0.1, -0.05) is 0 Å². The van der Waals surface area contributed by atoms with Crippen molar-refractivity contribution < 1.29 is 23.8 Å². The highest BCUT2D eigenvalue weighted by atomic mass is 32.2. The fraction of sp³-hybridized carbons (Fsp3) is 0.385. The molecular formula is C13H15FN2O4S. The van der Waals surface area contributed by atoms with Crippen LogP contribution in [0.15, 0.2) is 18.2 Å². The van der Waals surface area contributed by atoms with Crippen LogP contribution in [0.25, 0.3) is 0 Å². The Morgan fingerprint density at radius 3 is 2.81 bits per heavy atom. The first-order valence-electron chi connectivity index (χ1n) is 6.21. The Morgan fingerprint density at radius 1 is 1.52 bits per heavy atom. The molecule has 6 nitrogen and oxygen atoms in total. The SMILES string of the molecule is COc1ccc(NC(=O)N2C(C)SCC2C(=O)O)cc1F. The minimum atomic E-state index is -1.05. The summed E-state index contributed by atoms with van der Waals surface area (Å²) in [5, 5.41) is 11.4. The van der Waals surface area contributed by atoms with E-state index in [9.17, 15) is 14.0 Å². The van der Waals surface area contributed by atoms with E-state index in [-0.39, 0.29) is 16.8 Å². The van der Waals surface area contributed by atoms with E-state index in [1.54, 1.807) is 6.92 Å². The zero-order valence-electron chi connectivity index (χ0n) is 11.5. The normalized spacial score (nSPS) is 21.2. The number of nitrogens with one attached hydrogen (secondary N) is 1. The third-order valence-electron chi connectivity index (χ3n) is 3.15. The van der Waals surface area contributed by atoms with Crippen LogP contribution in [0.2, 0.25) is 0 Å². The smallest absolute Gasteiger partial charge is 0.327 e. The molecule has 1 aliphatic heterocycles. The van der Waals surface area contributed by atoms with Gasteiger partial charge in [-0.05, 0) is 19.1 Å². The number of urea groups is 1. The molecule has 1 aromatic rings. The van der Waals surface area contributed by atoms with Crippen molar-refractivity contribution in [2.24, 2.45) is 0 Å². The highest BCUT2D eigenvalue weighted by Crippen LogP contribution is 2.30. The van der Waals surface area contributed by atoms with Gasteiger partial charge in [0.1, 0.15) is 6.04 Å². The first-order chi connectivity index (χ1) is 9.93. The summed E-state index contributed by atoms with van der Waals surface area (Å²) in [5.74, 6) is -1.25. The number of benzene rings is 1. The van der Waals surface area contributed by atoms with Crippen molar-refractivity contribution in [3.05, 3.63) is 24.0 Å². The van der Waals surface area contributed by atoms with Crippen molar-refractivity contribution in [1.82, 2.24) is 4.90 Å². The van der Waals surface area contributed by atoms with E-state index in [1.807, 2.05) is 0 Å². The van der Waals surface area contributed by atoms with E-state index in [1.165, 1.54) is 35.9 Å². The quantitative estimate of drug-likeness (QED) is 0.894. The molecule has 1 heterocycles. The topological polar surface area (TPSA) is 78.9 Å².